The van der Waals surface area contributed by atoms with Gasteiger partial charge in [-0.15, -0.1) is 0 Å². The number of nitrogens with zero attached hydrogens (tertiary/aromatic N) is 1. The molecule has 1 aromatic rings. The number of hydrogen-bond acceptors (Lipinski definition) is 3. The van der Waals surface area contributed by atoms with Crippen molar-refractivity contribution in [1.29, 1.82) is 0 Å². The number of ether oxygens (including phenoxy) is 1. The highest BCUT2D eigenvalue weighted by molar-refractivity contribution is 5.72. The van der Waals surface area contributed by atoms with E-state index in [1.165, 1.54) is 0 Å². The Morgan fingerprint density at radius 1 is 1.35 bits per heavy atom. The smallest absolute Gasteiger partial charge is 0.320 e. The molecule has 0 fully saturated rings. The van der Waals surface area contributed by atoms with E-state index in [9.17, 15) is 4.79 Å². The predicted molar refractivity (Wildman–Crippen MR) is 66.3 cm³/mol. The molecule has 4 nitrogen and oxygen atoms in total. The molecular formula is C13H19NO3. The standard InChI is InChI=1S/C13H19NO3/c1-9(14(3)10(2)13(15)16)11-7-5-6-8-12(11)17-4/h5-10H,1-4H3,(H,15,16). The van der Waals surface area contributed by atoms with E-state index in [1.807, 2.05) is 31.2 Å². The average molecular weight is 237 g/mol. The van der Waals surface area contributed by atoms with Crippen molar-refractivity contribution in [2.75, 3.05) is 14.2 Å². The maximum Gasteiger partial charge on any atom is 0.320 e. The topological polar surface area (TPSA) is 49.8 Å². The van der Waals surface area contributed by atoms with Gasteiger partial charge in [-0.25, -0.2) is 0 Å². The number of carboxylic acids is 1. The van der Waals surface area contributed by atoms with Crippen LogP contribution in [-0.2, 0) is 4.79 Å². The van der Waals surface area contributed by atoms with Gasteiger partial charge in [-0.05, 0) is 27.0 Å². The van der Waals surface area contributed by atoms with E-state index in [-0.39, 0.29) is 6.04 Å². The molecular weight excluding hydrogens is 218 g/mol. The summed E-state index contributed by atoms with van der Waals surface area (Å²) in [6.07, 6.45) is 0. The van der Waals surface area contributed by atoms with Crippen molar-refractivity contribution in [3.63, 3.8) is 0 Å². The molecule has 0 saturated heterocycles. The van der Waals surface area contributed by atoms with Crippen LogP contribution < -0.4 is 4.74 Å². The first kappa shape index (κ1) is 13.5. The SMILES string of the molecule is COc1ccccc1C(C)N(C)C(C)C(=O)O. The van der Waals surface area contributed by atoms with Crippen molar-refractivity contribution in [1.82, 2.24) is 4.90 Å². The van der Waals surface area contributed by atoms with Gasteiger partial charge in [-0.3, -0.25) is 9.69 Å². The van der Waals surface area contributed by atoms with Gasteiger partial charge in [0.05, 0.1) is 7.11 Å². The highest BCUT2D eigenvalue weighted by Gasteiger charge is 2.24. The van der Waals surface area contributed by atoms with Crippen molar-refractivity contribution < 1.29 is 14.6 Å². The molecule has 1 rings (SSSR count). The summed E-state index contributed by atoms with van der Waals surface area (Å²) in [6, 6.07) is 7.11. The van der Waals surface area contributed by atoms with Crippen LogP contribution in [0.25, 0.3) is 0 Å². The van der Waals surface area contributed by atoms with Gasteiger partial charge in [0.1, 0.15) is 11.8 Å². The second kappa shape index (κ2) is 5.68. The number of rotatable bonds is 5. The van der Waals surface area contributed by atoms with E-state index in [0.717, 1.165) is 11.3 Å². The highest BCUT2D eigenvalue weighted by atomic mass is 16.5. The third-order valence-corrected chi connectivity index (χ3v) is 3.17. The number of hydrogen-bond donors (Lipinski definition) is 1. The van der Waals surface area contributed by atoms with Crippen LogP contribution in [0.5, 0.6) is 5.75 Å². The Hall–Kier alpha value is -1.55. The van der Waals surface area contributed by atoms with Crippen molar-refractivity contribution in [3.8, 4) is 5.75 Å². The lowest BCUT2D eigenvalue weighted by atomic mass is 10.0. The number of methoxy groups -OCH3 is 1. The molecule has 94 valence electrons. The van der Waals surface area contributed by atoms with Crippen LogP contribution in [0.3, 0.4) is 0 Å². The molecule has 4 heteroatoms. The molecule has 0 aliphatic carbocycles. The van der Waals surface area contributed by atoms with Crippen LogP contribution >= 0.6 is 0 Å². The fourth-order valence-corrected chi connectivity index (χ4v) is 1.74. The van der Waals surface area contributed by atoms with Gasteiger partial charge >= 0.3 is 5.97 Å². The number of para-hydroxylation sites is 1. The van der Waals surface area contributed by atoms with Crippen molar-refractivity contribution >= 4 is 5.97 Å². The van der Waals surface area contributed by atoms with Crippen molar-refractivity contribution in [2.45, 2.75) is 25.9 Å². The van der Waals surface area contributed by atoms with E-state index in [4.69, 9.17) is 9.84 Å². The Bertz CT molecular complexity index is 392. The van der Waals surface area contributed by atoms with Crippen molar-refractivity contribution in [2.24, 2.45) is 0 Å². The largest absolute Gasteiger partial charge is 0.496 e. The third-order valence-electron chi connectivity index (χ3n) is 3.17. The Balaban J connectivity index is 2.95. The van der Waals surface area contributed by atoms with E-state index in [2.05, 4.69) is 0 Å². The first-order chi connectivity index (χ1) is 7.99. The van der Waals surface area contributed by atoms with Crippen LogP contribution in [0.2, 0.25) is 0 Å². The summed E-state index contributed by atoms with van der Waals surface area (Å²) < 4.78 is 5.28. The molecule has 1 aromatic carbocycles. The summed E-state index contributed by atoms with van der Waals surface area (Å²) in [4.78, 5) is 12.8. The van der Waals surface area contributed by atoms with E-state index >= 15 is 0 Å². The van der Waals surface area contributed by atoms with Gasteiger partial charge in [0.25, 0.3) is 0 Å². The zero-order valence-electron chi connectivity index (χ0n) is 10.7. The van der Waals surface area contributed by atoms with Gasteiger partial charge in [0.15, 0.2) is 0 Å². The molecule has 0 spiro atoms. The minimum Gasteiger partial charge on any atom is -0.496 e. The molecule has 0 aromatic heterocycles. The molecule has 2 atom stereocenters. The zero-order valence-corrected chi connectivity index (χ0v) is 10.7. The number of benzene rings is 1. The lowest BCUT2D eigenvalue weighted by molar-refractivity contribution is -0.142. The maximum atomic E-state index is 11.0. The lowest BCUT2D eigenvalue weighted by Gasteiger charge is -2.29. The second-order valence-corrected chi connectivity index (χ2v) is 4.10. The summed E-state index contributed by atoms with van der Waals surface area (Å²) in [6.45, 7) is 3.64. The minimum absolute atomic E-state index is 0.0164. The van der Waals surface area contributed by atoms with Crippen LogP contribution in [0, 0.1) is 0 Å². The van der Waals surface area contributed by atoms with Crippen molar-refractivity contribution in [3.05, 3.63) is 29.8 Å². The molecule has 0 bridgehead atoms. The van der Waals surface area contributed by atoms with Gasteiger partial charge in [0.2, 0.25) is 0 Å². The van der Waals surface area contributed by atoms with E-state index in [1.54, 1.807) is 26.0 Å². The number of carbonyl (C=O) groups is 1. The first-order valence-corrected chi connectivity index (χ1v) is 5.56. The van der Waals surface area contributed by atoms with Crippen LogP contribution in [-0.4, -0.2) is 36.2 Å². The first-order valence-electron chi connectivity index (χ1n) is 5.56. The van der Waals surface area contributed by atoms with Gasteiger partial charge < -0.3 is 9.84 Å². The zero-order chi connectivity index (χ0) is 13.0. The average Bonchev–Trinajstić information content (AvgIpc) is 2.35. The number of likely N-dealkylation sites (N-methyl/N-ethyl adjacent to an activating group) is 1. The molecule has 2 unspecified atom stereocenters. The van der Waals surface area contributed by atoms with E-state index in [0.29, 0.717) is 0 Å². The Morgan fingerprint density at radius 3 is 2.47 bits per heavy atom. The van der Waals surface area contributed by atoms with Crippen LogP contribution in [0.4, 0.5) is 0 Å². The molecule has 0 saturated carbocycles. The van der Waals surface area contributed by atoms with Gasteiger partial charge in [-0.2, -0.15) is 0 Å². The highest BCUT2D eigenvalue weighted by Crippen LogP contribution is 2.28. The molecule has 0 heterocycles. The molecule has 0 aliphatic heterocycles. The minimum atomic E-state index is -0.825. The van der Waals surface area contributed by atoms with E-state index < -0.39 is 12.0 Å². The number of carboxylic acid groups (broad SMARTS) is 1. The van der Waals surface area contributed by atoms with Gasteiger partial charge in [-0.1, -0.05) is 18.2 Å². The Morgan fingerprint density at radius 2 is 1.94 bits per heavy atom. The summed E-state index contributed by atoms with van der Waals surface area (Å²) in [5, 5.41) is 9.00. The van der Waals surface area contributed by atoms with Crippen LogP contribution in [0.1, 0.15) is 25.5 Å². The summed E-state index contributed by atoms with van der Waals surface area (Å²) >= 11 is 0. The van der Waals surface area contributed by atoms with Crippen LogP contribution in [0.15, 0.2) is 24.3 Å². The fourth-order valence-electron chi connectivity index (χ4n) is 1.74. The molecule has 1 N–H and O–H groups in total. The second-order valence-electron chi connectivity index (χ2n) is 4.10. The predicted octanol–water partition coefficient (Wildman–Crippen LogP) is 2.16. The molecule has 17 heavy (non-hydrogen) atoms. The quantitative estimate of drug-likeness (QED) is 0.852. The normalized spacial score (nSPS) is 14.4. The summed E-state index contributed by atoms with van der Waals surface area (Å²) in [5.41, 5.74) is 0.991. The third kappa shape index (κ3) is 2.97. The lowest BCUT2D eigenvalue weighted by Crippen LogP contribution is -2.37. The molecule has 0 aliphatic rings. The summed E-state index contributed by atoms with van der Waals surface area (Å²) in [5.74, 6) is -0.0429. The monoisotopic (exact) mass is 237 g/mol. The number of aliphatic carboxylic acids is 1. The fraction of sp³-hybridized carbons (Fsp3) is 0.462. The maximum absolute atomic E-state index is 11.0. The van der Waals surface area contributed by atoms with Gasteiger partial charge in [0, 0.05) is 11.6 Å². The molecule has 0 amide bonds. The Labute approximate surface area is 102 Å². The summed E-state index contributed by atoms with van der Waals surface area (Å²) in [7, 11) is 3.42. The molecule has 0 radical (unpaired) electrons. The Kier molecular flexibility index (Phi) is 4.52.